The lowest BCUT2D eigenvalue weighted by Gasteiger charge is -2.29. The first-order valence-electron chi connectivity index (χ1n) is 22.7. The summed E-state index contributed by atoms with van der Waals surface area (Å²) in [5.74, 6) is -1.55. The van der Waals surface area contributed by atoms with Gasteiger partial charge >= 0.3 is 29.9 Å². The number of nitrogens with zero attached hydrogens (tertiary/aromatic N) is 2. The van der Waals surface area contributed by atoms with Gasteiger partial charge in [-0.2, -0.15) is 0 Å². The topological polar surface area (TPSA) is 181 Å². The summed E-state index contributed by atoms with van der Waals surface area (Å²) in [6, 6.07) is 3.08. The number of esters is 4. The zero-order chi connectivity index (χ0) is 46.9. The van der Waals surface area contributed by atoms with Gasteiger partial charge in [-0.05, 0) is 44.7 Å². The minimum atomic E-state index is -0.675. The molecule has 0 aliphatic carbocycles. The Labute approximate surface area is 387 Å². The van der Waals surface area contributed by atoms with E-state index in [2.05, 4.69) is 6.58 Å². The van der Waals surface area contributed by atoms with Gasteiger partial charge in [0.05, 0.1) is 33.2 Å². The molecule has 1 aromatic rings. The predicted octanol–water partition coefficient (Wildman–Crippen LogP) is 9.33. The summed E-state index contributed by atoms with van der Waals surface area (Å²) >= 11 is 2.58. The monoisotopic (exact) mass is 932 g/mol. The fourth-order valence-corrected chi connectivity index (χ4v) is 9.19. The molecular weight excluding hydrogens is 865 g/mol. The highest BCUT2D eigenvalue weighted by Gasteiger charge is 2.42. The average molecular weight is 933 g/mol. The number of rotatable bonds is 32. The molecule has 4 amide bonds. The summed E-state index contributed by atoms with van der Waals surface area (Å²) < 4.78 is 33.2. The van der Waals surface area contributed by atoms with Crippen LogP contribution < -0.4 is 9.47 Å². The van der Waals surface area contributed by atoms with Crippen molar-refractivity contribution in [2.45, 2.75) is 146 Å². The SMILES string of the molecule is C=C(C)C(=O)OCCOC(=O)CCCCCCCCCCOc1ccc(OCCCCCCCCCCC(=O)OCCOC(=O)C(C)C)c2c1SC(=C1C(=O)N(C)C(=O)N(C)C1=O)S2. The minimum absolute atomic E-state index is 0.0213. The Balaban J connectivity index is 1.37. The number of thioether (sulfide) groups is 2. The van der Waals surface area contributed by atoms with Crippen molar-refractivity contribution in [1.82, 2.24) is 9.80 Å². The lowest BCUT2D eigenvalue weighted by atomic mass is 10.1. The molecule has 17 heteroatoms. The van der Waals surface area contributed by atoms with Crippen LogP contribution in [-0.4, -0.2) is 105 Å². The van der Waals surface area contributed by atoms with Crippen molar-refractivity contribution in [3.05, 3.63) is 34.1 Å². The summed E-state index contributed by atoms with van der Waals surface area (Å²) in [6.07, 6.45) is 16.3. The number of carbonyl (C=O) groups is 7. The van der Waals surface area contributed by atoms with Gasteiger partial charge in [0.25, 0.3) is 11.8 Å². The average Bonchev–Trinajstić information content (AvgIpc) is 3.71. The first-order valence-corrected chi connectivity index (χ1v) is 24.3. The maximum atomic E-state index is 13.2. The molecule has 0 unspecified atom stereocenters. The Hall–Kier alpha value is -4.51. The van der Waals surface area contributed by atoms with E-state index in [-0.39, 0.29) is 55.8 Å². The number of imide groups is 2. The number of urea groups is 1. The number of hydrogen-bond acceptors (Lipinski definition) is 15. The molecule has 356 valence electrons. The van der Waals surface area contributed by atoms with Crippen LogP contribution >= 0.6 is 23.5 Å². The van der Waals surface area contributed by atoms with Gasteiger partial charge in [0, 0.05) is 32.5 Å². The Kier molecular flexibility index (Phi) is 25.1. The third kappa shape index (κ3) is 18.9. The second-order valence-electron chi connectivity index (χ2n) is 16.1. The summed E-state index contributed by atoms with van der Waals surface area (Å²) in [5.41, 5.74) is 0.255. The standard InChI is InChI=1S/C47H68N2O13S2/c1-33(2)44(54)61-31-29-59-37(50)23-19-15-11-7-9-13-17-21-27-57-35-25-26-36(41-40(35)63-46(64-41)39-42(52)48(5)47(56)49(6)43(39)53)58-28-22-18-14-10-8-12-16-20-24-38(51)60-30-32-62-45(55)34(3)4/h25-26,34H,1,7-24,27-32H2,2-6H3. The fraction of sp³-hybridized carbons (Fsp3) is 0.638. The van der Waals surface area contributed by atoms with Crippen molar-refractivity contribution in [3.63, 3.8) is 0 Å². The molecule has 0 atom stereocenters. The van der Waals surface area contributed by atoms with Crippen LogP contribution in [-0.2, 0) is 47.7 Å². The lowest BCUT2D eigenvalue weighted by molar-refractivity contribution is -0.154. The van der Waals surface area contributed by atoms with Gasteiger partial charge in [0.15, 0.2) is 0 Å². The normalized spacial score (nSPS) is 13.6. The smallest absolute Gasteiger partial charge is 0.333 e. The highest BCUT2D eigenvalue weighted by molar-refractivity contribution is 8.25. The van der Waals surface area contributed by atoms with Crippen molar-refractivity contribution < 1.29 is 62.0 Å². The second-order valence-corrected chi connectivity index (χ2v) is 18.4. The minimum Gasteiger partial charge on any atom is -0.492 e. The number of amides is 4. The molecule has 2 aliphatic rings. The number of benzene rings is 1. The van der Waals surface area contributed by atoms with Crippen LogP contribution in [0.25, 0.3) is 0 Å². The molecule has 2 aliphatic heterocycles. The molecule has 0 spiro atoms. The number of ether oxygens (including phenoxy) is 6. The first-order chi connectivity index (χ1) is 30.7. The summed E-state index contributed by atoms with van der Waals surface area (Å²) in [7, 11) is 2.73. The van der Waals surface area contributed by atoms with E-state index in [0.29, 0.717) is 47.4 Å². The summed E-state index contributed by atoms with van der Waals surface area (Å²) in [6.45, 7) is 9.80. The zero-order valence-corrected chi connectivity index (χ0v) is 40.1. The number of fused-ring (bicyclic) bond motifs is 1. The van der Waals surface area contributed by atoms with Crippen LogP contribution in [0.5, 0.6) is 11.5 Å². The van der Waals surface area contributed by atoms with E-state index >= 15 is 0 Å². The Morgan fingerprint density at radius 3 is 1.34 bits per heavy atom. The van der Waals surface area contributed by atoms with Crippen LogP contribution in [0.15, 0.2) is 43.9 Å². The van der Waals surface area contributed by atoms with Gasteiger partial charge in [-0.3, -0.25) is 33.8 Å². The summed E-state index contributed by atoms with van der Waals surface area (Å²) in [5, 5.41) is 0. The van der Waals surface area contributed by atoms with Gasteiger partial charge in [0.2, 0.25) is 0 Å². The third-order valence-corrected chi connectivity index (χ3v) is 12.9. The summed E-state index contributed by atoms with van der Waals surface area (Å²) in [4.78, 5) is 88.9. The first kappa shape index (κ1) is 53.8. The molecule has 2 heterocycles. The van der Waals surface area contributed by atoms with Crippen molar-refractivity contribution in [2.75, 3.05) is 53.7 Å². The van der Waals surface area contributed by atoms with Gasteiger partial charge in [-0.25, -0.2) is 9.59 Å². The molecule has 0 radical (unpaired) electrons. The molecule has 3 rings (SSSR count). The molecular formula is C47H68N2O13S2. The van der Waals surface area contributed by atoms with E-state index in [1.807, 2.05) is 12.1 Å². The van der Waals surface area contributed by atoms with E-state index < -0.39 is 23.8 Å². The van der Waals surface area contributed by atoms with Crippen LogP contribution in [0.4, 0.5) is 4.79 Å². The number of likely N-dealkylation sites (N-methyl/N-ethyl adjacent to an activating group) is 2. The van der Waals surface area contributed by atoms with Gasteiger partial charge < -0.3 is 28.4 Å². The maximum Gasteiger partial charge on any atom is 0.333 e. The Morgan fingerprint density at radius 1 is 0.562 bits per heavy atom. The van der Waals surface area contributed by atoms with E-state index in [9.17, 15) is 33.6 Å². The molecule has 64 heavy (non-hydrogen) atoms. The molecule has 1 saturated heterocycles. The molecule has 0 saturated carbocycles. The van der Waals surface area contributed by atoms with Gasteiger partial charge in [0.1, 0.15) is 43.5 Å². The second kappa shape index (κ2) is 29.8. The van der Waals surface area contributed by atoms with Crippen molar-refractivity contribution in [1.29, 1.82) is 0 Å². The van der Waals surface area contributed by atoms with Crippen LogP contribution in [0.2, 0.25) is 0 Å². The molecule has 0 bridgehead atoms. The number of carbonyl (C=O) groups excluding carboxylic acids is 7. The van der Waals surface area contributed by atoms with Crippen molar-refractivity contribution >= 4 is 65.2 Å². The zero-order valence-electron chi connectivity index (χ0n) is 38.4. The number of hydrogen-bond donors (Lipinski definition) is 0. The molecule has 0 aromatic heterocycles. The van der Waals surface area contributed by atoms with E-state index in [1.165, 1.54) is 37.6 Å². The van der Waals surface area contributed by atoms with Gasteiger partial charge in [-0.1, -0.05) is 121 Å². The lowest BCUT2D eigenvalue weighted by Crippen LogP contribution is -2.53. The van der Waals surface area contributed by atoms with E-state index in [0.717, 1.165) is 122 Å². The predicted molar refractivity (Wildman–Crippen MR) is 244 cm³/mol. The molecule has 1 aromatic carbocycles. The number of unbranched alkanes of at least 4 members (excludes halogenated alkanes) is 14. The third-order valence-electron chi connectivity index (χ3n) is 10.3. The van der Waals surface area contributed by atoms with Crippen LogP contribution in [0, 0.1) is 5.92 Å². The number of barbiturate groups is 1. The fourth-order valence-electron chi connectivity index (χ4n) is 6.51. The molecule has 15 nitrogen and oxygen atoms in total. The van der Waals surface area contributed by atoms with E-state index in [4.69, 9.17) is 28.4 Å². The van der Waals surface area contributed by atoms with Crippen LogP contribution in [0.3, 0.4) is 0 Å². The van der Waals surface area contributed by atoms with Crippen molar-refractivity contribution in [3.8, 4) is 11.5 Å². The Bertz CT molecular complexity index is 1770. The molecule has 0 N–H and O–H groups in total. The highest BCUT2D eigenvalue weighted by Crippen LogP contribution is 2.59. The quantitative estimate of drug-likeness (QED) is 0.0219. The molecule has 1 fully saturated rings. The van der Waals surface area contributed by atoms with Gasteiger partial charge in [-0.15, -0.1) is 0 Å². The van der Waals surface area contributed by atoms with Crippen LogP contribution in [0.1, 0.15) is 136 Å². The largest absolute Gasteiger partial charge is 0.492 e. The Morgan fingerprint density at radius 2 is 0.938 bits per heavy atom. The van der Waals surface area contributed by atoms with E-state index in [1.54, 1.807) is 20.8 Å². The highest BCUT2D eigenvalue weighted by atomic mass is 32.2. The maximum absolute atomic E-state index is 13.2. The van der Waals surface area contributed by atoms with Crippen molar-refractivity contribution in [2.24, 2.45) is 5.92 Å².